The van der Waals surface area contributed by atoms with Crippen molar-refractivity contribution in [3.05, 3.63) is 95.5 Å². The van der Waals surface area contributed by atoms with Gasteiger partial charge in [0.05, 0.1) is 22.0 Å². The van der Waals surface area contributed by atoms with E-state index in [2.05, 4.69) is 16.0 Å². The van der Waals surface area contributed by atoms with Crippen LogP contribution >= 0.6 is 11.6 Å². The number of carbonyl (C=O) groups is 3. The van der Waals surface area contributed by atoms with Crippen molar-refractivity contribution in [2.24, 2.45) is 0 Å². The molecule has 0 atom stereocenters. The van der Waals surface area contributed by atoms with Crippen LogP contribution in [0.3, 0.4) is 0 Å². The third-order valence-electron chi connectivity index (χ3n) is 4.87. The maximum absolute atomic E-state index is 13.1. The van der Waals surface area contributed by atoms with Gasteiger partial charge < -0.3 is 20.7 Å². The second kappa shape index (κ2) is 10.1. The predicted molar refractivity (Wildman–Crippen MR) is 134 cm³/mol. The molecule has 4 aromatic rings. The summed E-state index contributed by atoms with van der Waals surface area (Å²) < 4.78 is 5.01. The van der Waals surface area contributed by atoms with Crippen molar-refractivity contribution in [3.63, 3.8) is 0 Å². The molecule has 0 spiro atoms. The molecule has 3 N–H and O–H groups in total. The molecule has 3 amide bonds. The normalized spacial score (nSPS) is 10.4. The molecule has 34 heavy (non-hydrogen) atoms. The number of benzene rings is 4. The summed E-state index contributed by atoms with van der Waals surface area (Å²) in [6.45, 7) is 1.31. The molecule has 0 unspecified atom stereocenters. The number of nitrogens with one attached hydrogen (secondary N) is 3. The van der Waals surface area contributed by atoms with Crippen LogP contribution in [0.25, 0.3) is 10.8 Å². The molecule has 0 saturated heterocycles. The Bertz CT molecular complexity index is 1390. The molecule has 0 radical (unpaired) electrons. The average molecular weight is 474 g/mol. The van der Waals surface area contributed by atoms with Crippen LogP contribution in [-0.4, -0.2) is 17.9 Å². The number of ether oxygens (including phenoxy) is 1. The quantitative estimate of drug-likeness (QED) is 0.233. The summed E-state index contributed by atoms with van der Waals surface area (Å²) in [6.07, 6.45) is 0. The van der Waals surface area contributed by atoms with E-state index in [1.54, 1.807) is 60.7 Å². The van der Waals surface area contributed by atoms with Crippen LogP contribution in [0.1, 0.15) is 17.3 Å². The van der Waals surface area contributed by atoms with E-state index in [1.807, 2.05) is 24.3 Å². The van der Waals surface area contributed by atoms with Crippen LogP contribution < -0.4 is 20.7 Å². The van der Waals surface area contributed by atoms with Crippen LogP contribution in [0.4, 0.5) is 21.9 Å². The lowest BCUT2D eigenvalue weighted by molar-refractivity contribution is -0.131. The van der Waals surface area contributed by atoms with Gasteiger partial charge in [0.2, 0.25) is 0 Å². The fraction of sp³-hybridized carbons (Fsp3) is 0.0385. The van der Waals surface area contributed by atoms with Gasteiger partial charge in [-0.15, -0.1) is 0 Å². The van der Waals surface area contributed by atoms with Crippen molar-refractivity contribution >= 4 is 57.3 Å². The number of fused-ring (bicyclic) bond motifs is 1. The van der Waals surface area contributed by atoms with Crippen molar-refractivity contribution in [2.45, 2.75) is 6.92 Å². The summed E-state index contributed by atoms with van der Waals surface area (Å²) in [7, 11) is 0. The maximum Gasteiger partial charge on any atom is 0.323 e. The number of rotatable bonds is 5. The van der Waals surface area contributed by atoms with E-state index in [0.717, 1.165) is 10.8 Å². The van der Waals surface area contributed by atoms with Gasteiger partial charge in [-0.3, -0.25) is 9.59 Å². The molecule has 0 bridgehead atoms. The van der Waals surface area contributed by atoms with E-state index in [-0.39, 0.29) is 5.56 Å². The first-order chi connectivity index (χ1) is 16.4. The highest BCUT2D eigenvalue weighted by Gasteiger charge is 2.16. The number of esters is 1. The van der Waals surface area contributed by atoms with Crippen molar-refractivity contribution in [1.29, 1.82) is 0 Å². The Kier molecular flexibility index (Phi) is 6.75. The number of hydrogen-bond acceptors (Lipinski definition) is 4. The third kappa shape index (κ3) is 5.51. The predicted octanol–water partition coefficient (Wildman–Crippen LogP) is 6.31. The molecule has 170 valence electrons. The summed E-state index contributed by atoms with van der Waals surface area (Å²) in [5.74, 6) is -0.479. The molecule has 4 aromatic carbocycles. The van der Waals surface area contributed by atoms with Gasteiger partial charge in [-0.25, -0.2) is 4.79 Å². The zero-order chi connectivity index (χ0) is 24.1. The second-order valence-corrected chi connectivity index (χ2v) is 7.78. The van der Waals surface area contributed by atoms with E-state index in [9.17, 15) is 14.4 Å². The van der Waals surface area contributed by atoms with E-state index in [1.165, 1.54) is 6.92 Å². The molecule has 0 aliphatic heterocycles. The van der Waals surface area contributed by atoms with E-state index >= 15 is 0 Å². The Morgan fingerprint density at radius 1 is 0.735 bits per heavy atom. The average Bonchev–Trinajstić information content (AvgIpc) is 2.81. The first-order valence-electron chi connectivity index (χ1n) is 10.3. The largest absolute Gasteiger partial charge is 0.427 e. The Morgan fingerprint density at radius 2 is 1.35 bits per heavy atom. The minimum absolute atomic E-state index is 0.275. The van der Waals surface area contributed by atoms with Crippen molar-refractivity contribution in [3.8, 4) is 5.75 Å². The topological polar surface area (TPSA) is 96.5 Å². The number of amides is 3. The molecule has 8 heteroatoms. The Morgan fingerprint density at radius 3 is 2.03 bits per heavy atom. The van der Waals surface area contributed by atoms with Crippen LogP contribution in [0.5, 0.6) is 5.75 Å². The number of halogens is 1. The van der Waals surface area contributed by atoms with Gasteiger partial charge in [0.25, 0.3) is 5.91 Å². The summed E-state index contributed by atoms with van der Waals surface area (Å²) in [5, 5.41) is 10.3. The fourth-order valence-corrected chi connectivity index (χ4v) is 3.52. The molecule has 0 aromatic heterocycles. The standard InChI is InChI=1S/C26H20ClN3O4/c1-16(31)34-20-12-10-19(11-13-20)28-25(32)21-14-17-6-2-3-7-18(17)15-24(21)30-26(33)29-23-9-5-4-8-22(23)27/h2-15H,1H3,(H,28,32)(H2,29,30,33). The highest BCUT2D eigenvalue weighted by atomic mass is 35.5. The Balaban J connectivity index is 1.59. The van der Waals surface area contributed by atoms with Crippen molar-refractivity contribution in [2.75, 3.05) is 16.0 Å². The molecule has 0 aliphatic rings. The molecule has 0 heterocycles. The Labute approximate surface area is 200 Å². The van der Waals surface area contributed by atoms with Gasteiger partial charge in [-0.05, 0) is 59.3 Å². The number of para-hydroxylation sites is 1. The van der Waals surface area contributed by atoms with Crippen molar-refractivity contribution < 1.29 is 19.1 Å². The van der Waals surface area contributed by atoms with Crippen LogP contribution in [0.2, 0.25) is 5.02 Å². The minimum Gasteiger partial charge on any atom is -0.427 e. The molecule has 0 fully saturated rings. The zero-order valence-corrected chi connectivity index (χ0v) is 18.8. The van der Waals surface area contributed by atoms with Gasteiger partial charge in [-0.2, -0.15) is 0 Å². The summed E-state index contributed by atoms with van der Waals surface area (Å²) in [5.41, 5.74) is 1.55. The smallest absolute Gasteiger partial charge is 0.323 e. The minimum atomic E-state index is -0.539. The van der Waals surface area contributed by atoms with E-state index in [0.29, 0.717) is 27.8 Å². The molecule has 0 aliphatic carbocycles. The molecule has 0 saturated carbocycles. The summed E-state index contributed by atoms with van der Waals surface area (Å²) in [4.78, 5) is 36.9. The summed E-state index contributed by atoms with van der Waals surface area (Å²) >= 11 is 6.13. The third-order valence-corrected chi connectivity index (χ3v) is 5.20. The second-order valence-electron chi connectivity index (χ2n) is 7.38. The van der Waals surface area contributed by atoms with Gasteiger partial charge in [0.15, 0.2) is 0 Å². The van der Waals surface area contributed by atoms with Crippen molar-refractivity contribution in [1.82, 2.24) is 0 Å². The number of anilines is 3. The molecule has 7 nitrogen and oxygen atoms in total. The number of hydrogen-bond donors (Lipinski definition) is 3. The van der Waals surface area contributed by atoms with E-state index < -0.39 is 17.9 Å². The first kappa shape index (κ1) is 22.8. The molecule has 4 rings (SSSR count). The lowest BCUT2D eigenvalue weighted by Gasteiger charge is -2.14. The van der Waals surface area contributed by atoms with Gasteiger partial charge in [0, 0.05) is 12.6 Å². The van der Waals surface area contributed by atoms with E-state index in [4.69, 9.17) is 16.3 Å². The van der Waals surface area contributed by atoms with Crippen LogP contribution in [0.15, 0.2) is 84.9 Å². The van der Waals surface area contributed by atoms with Gasteiger partial charge >= 0.3 is 12.0 Å². The highest BCUT2D eigenvalue weighted by Crippen LogP contribution is 2.27. The summed E-state index contributed by atoms with van der Waals surface area (Å²) in [6, 6.07) is 23.7. The number of carbonyl (C=O) groups excluding carboxylic acids is 3. The number of urea groups is 1. The Hall–Kier alpha value is -4.36. The highest BCUT2D eigenvalue weighted by molar-refractivity contribution is 6.33. The van der Waals surface area contributed by atoms with Gasteiger partial charge in [-0.1, -0.05) is 48.0 Å². The van der Waals surface area contributed by atoms with Gasteiger partial charge in [0.1, 0.15) is 5.75 Å². The van der Waals surface area contributed by atoms with Crippen LogP contribution in [-0.2, 0) is 4.79 Å². The lowest BCUT2D eigenvalue weighted by atomic mass is 10.0. The molecular formula is C26H20ClN3O4. The SMILES string of the molecule is CC(=O)Oc1ccc(NC(=O)c2cc3ccccc3cc2NC(=O)Nc2ccccc2Cl)cc1. The fourth-order valence-electron chi connectivity index (χ4n) is 3.34. The molecular weight excluding hydrogens is 454 g/mol. The first-order valence-corrected chi connectivity index (χ1v) is 10.7. The van der Waals surface area contributed by atoms with Crippen LogP contribution in [0, 0.1) is 0 Å². The monoisotopic (exact) mass is 473 g/mol. The zero-order valence-electron chi connectivity index (χ0n) is 18.1. The lowest BCUT2D eigenvalue weighted by Crippen LogP contribution is -2.22. The maximum atomic E-state index is 13.1.